The van der Waals surface area contributed by atoms with Crippen LogP contribution in [-0.2, 0) is 4.74 Å². The van der Waals surface area contributed by atoms with Crippen molar-refractivity contribution >= 4 is 40.4 Å². The lowest BCUT2D eigenvalue weighted by Crippen LogP contribution is -2.72. The quantitative estimate of drug-likeness (QED) is 0.265. The van der Waals surface area contributed by atoms with E-state index in [0.29, 0.717) is 61.3 Å². The average molecular weight is 566 g/mol. The van der Waals surface area contributed by atoms with Gasteiger partial charge in [0.15, 0.2) is 0 Å². The first-order valence-corrected chi connectivity index (χ1v) is 13.3. The van der Waals surface area contributed by atoms with Crippen molar-refractivity contribution in [3.63, 3.8) is 0 Å². The minimum Gasteiger partial charge on any atom is -0.486 e. The Morgan fingerprint density at radius 1 is 1.28 bits per heavy atom. The molecule has 0 aliphatic carbocycles. The van der Waals surface area contributed by atoms with E-state index >= 15 is 0 Å². The first kappa shape index (κ1) is 27.2. The van der Waals surface area contributed by atoms with Crippen LogP contribution in [0.25, 0.3) is 0 Å². The number of nitrogens with zero attached hydrogens (tertiary/aromatic N) is 4. The third-order valence-corrected chi connectivity index (χ3v) is 7.82. The van der Waals surface area contributed by atoms with E-state index in [0.717, 1.165) is 26.3 Å². The van der Waals surface area contributed by atoms with Crippen molar-refractivity contribution in [2.75, 3.05) is 36.9 Å². The summed E-state index contributed by atoms with van der Waals surface area (Å²) in [5.74, 6) is 1.10. The molecular weight excluding hydrogens is 537 g/mol. The summed E-state index contributed by atoms with van der Waals surface area (Å²) in [6.07, 6.45) is 2.68. The van der Waals surface area contributed by atoms with Crippen LogP contribution in [0.15, 0.2) is 36.7 Å². The molecule has 0 spiro atoms. The minimum absolute atomic E-state index is 0.0519. The summed E-state index contributed by atoms with van der Waals surface area (Å²) >= 11 is 12.8. The molecule has 1 aromatic carbocycles. The summed E-state index contributed by atoms with van der Waals surface area (Å²) in [7, 11) is 0. The van der Waals surface area contributed by atoms with Crippen LogP contribution >= 0.6 is 23.2 Å². The topological polar surface area (TPSA) is 133 Å². The zero-order chi connectivity index (χ0) is 27.9. The van der Waals surface area contributed by atoms with E-state index in [1.807, 2.05) is 6.92 Å². The van der Waals surface area contributed by atoms with Crippen molar-refractivity contribution in [1.29, 1.82) is 10.7 Å². The maximum Gasteiger partial charge on any atom is 0.146 e. The van der Waals surface area contributed by atoms with Gasteiger partial charge in [0, 0.05) is 47.9 Å². The Kier molecular flexibility index (Phi) is 7.40. The predicted molar refractivity (Wildman–Crippen MR) is 152 cm³/mol. The second kappa shape index (κ2) is 10.6. The highest BCUT2D eigenvalue weighted by molar-refractivity contribution is 6.36. The van der Waals surface area contributed by atoms with E-state index in [2.05, 4.69) is 33.2 Å². The molecule has 11 heteroatoms. The smallest absolute Gasteiger partial charge is 0.146 e. The molecule has 0 radical (unpaired) electrons. The number of hydrogen-bond donors (Lipinski definition) is 3. The highest BCUT2D eigenvalue weighted by Gasteiger charge is 2.42. The van der Waals surface area contributed by atoms with Crippen LogP contribution < -0.4 is 20.7 Å². The monoisotopic (exact) mass is 565 g/mol. The predicted octanol–water partition coefficient (Wildman–Crippen LogP) is 4.67. The first-order valence-electron chi connectivity index (χ1n) is 12.5. The fourth-order valence-electron chi connectivity index (χ4n) is 4.97. The number of nitriles is 1. The molecule has 3 aromatic rings. The molecule has 202 valence electrons. The van der Waals surface area contributed by atoms with Gasteiger partial charge >= 0.3 is 0 Å². The molecule has 1 atom stereocenters. The number of pyridine rings is 2. The summed E-state index contributed by atoms with van der Waals surface area (Å²) in [6.45, 7) is 8.73. The molecule has 2 aliphatic rings. The van der Waals surface area contributed by atoms with Gasteiger partial charge in [0.25, 0.3) is 0 Å². The number of nitrogens with two attached hydrogens (primary N) is 1. The maximum absolute atomic E-state index is 9.87. The van der Waals surface area contributed by atoms with Gasteiger partial charge in [-0.3, -0.25) is 10.4 Å². The number of benzene rings is 1. The minimum atomic E-state index is -0.475. The van der Waals surface area contributed by atoms with E-state index in [4.69, 9.17) is 43.8 Å². The van der Waals surface area contributed by atoms with Gasteiger partial charge in [-0.25, -0.2) is 4.98 Å². The molecule has 2 aromatic heterocycles. The Balaban J connectivity index is 1.34. The molecule has 2 fully saturated rings. The van der Waals surface area contributed by atoms with E-state index < -0.39 is 6.10 Å². The molecule has 9 nitrogen and oxygen atoms in total. The number of ether oxygens (including phenoxy) is 2. The number of rotatable bonds is 8. The molecule has 4 N–H and O–H groups in total. The Morgan fingerprint density at radius 2 is 2.03 bits per heavy atom. The standard InChI is InChI=1S/C28H29Cl2N7O2/c1-15-25(30)24(22(29)10-34-15)16(2)39-20-4-5-23(32)21(7-20)26(33)18-6-17(8-31)27(35-9-18)37-13-28(3,14-37)36-19-11-38-12-19/h4-7,9-10,16,19,33,36H,11-14,32H2,1-3H3/t16-/m1/s1. The van der Waals surface area contributed by atoms with E-state index in [-0.39, 0.29) is 11.3 Å². The van der Waals surface area contributed by atoms with Crippen molar-refractivity contribution in [2.24, 2.45) is 0 Å². The van der Waals surface area contributed by atoms with Crippen LogP contribution in [0.5, 0.6) is 5.75 Å². The summed E-state index contributed by atoms with van der Waals surface area (Å²) in [5, 5.41) is 23.2. The largest absolute Gasteiger partial charge is 0.486 e. The molecule has 2 aliphatic heterocycles. The van der Waals surface area contributed by atoms with E-state index in [1.165, 1.54) is 0 Å². The van der Waals surface area contributed by atoms with Crippen molar-refractivity contribution in [3.05, 3.63) is 74.7 Å². The van der Waals surface area contributed by atoms with E-state index in [1.54, 1.807) is 43.6 Å². The zero-order valence-electron chi connectivity index (χ0n) is 21.9. The van der Waals surface area contributed by atoms with Crippen LogP contribution in [0.1, 0.15) is 47.9 Å². The molecular formula is C28H29Cl2N7O2. The number of nitrogen functional groups attached to an aromatic ring is 1. The summed E-state index contributed by atoms with van der Waals surface area (Å²) in [5.41, 5.74) is 9.38. The second-order valence-electron chi connectivity index (χ2n) is 10.3. The molecule has 5 rings (SSSR count). The molecule has 0 bridgehead atoms. The number of anilines is 2. The normalized spacial score (nSPS) is 17.1. The molecule has 0 saturated carbocycles. The lowest BCUT2D eigenvalue weighted by Gasteiger charge is -2.51. The lowest BCUT2D eigenvalue weighted by atomic mass is 9.90. The van der Waals surface area contributed by atoms with Gasteiger partial charge in [-0.2, -0.15) is 5.26 Å². The molecule has 2 saturated heterocycles. The third kappa shape index (κ3) is 5.38. The van der Waals surface area contributed by atoms with Crippen LogP contribution in [-0.4, -0.2) is 53.6 Å². The van der Waals surface area contributed by atoms with Crippen LogP contribution in [0.4, 0.5) is 11.5 Å². The molecule has 0 amide bonds. The van der Waals surface area contributed by atoms with Gasteiger partial charge < -0.3 is 25.4 Å². The average Bonchev–Trinajstić information content (AvgIpc) is 2.87. The van der Waals surface area contributed by atoms with Crippen molar-refractivity contribution in [2.45, 2.75) is 38.5 Å². The number of aromatic nitrogens is 2. The summed E-state index contributed by atoms with van der Waals surface area (Å²) < 4.78 is 11.4. The lowest BCUT2D eigenvalue weighted by molar-refractivity contribution is -0.0209. The van der Waals surface area contributed by atoms with E-state index in [9.17, 15) is 5.26 Å². The van der Waals surface area contributed by atoms with Crippen LogP contribution in [0.3, 0.4) is 0 Å². The fourth-order valence-corrected chi connectivity index (χ4v) is 5.62. The molecule has 39 heavy (non-hydrogen) atoms. The Morgan fingerprint density at radius 3 is 2.69 bits per heavy atom. The Hall–Kier alpha value is -3.42. The second-order valence-corrected chi connectivity index (χ2v) is 11.1. The van der Waals surface area contributed by atoms with Gasteiger partial charge in [-0.1, -0.05) is 23.2 Å². The maximum atomic E-state index is 9.87. The van der Waals surface area contributed by atoms with Gasteiger partial charge in [-0.05, 0) is 45.0 Å². The SMILES string of the molecule is Cc1ncc(Cl)c([C@@H](C)Oc2ccc(N)c(C(=N)c3cnc(N4CC(C)(NC5COC5)C4)c(C#N)c3)c2)c1Cl. The number of nitrogens with one attached hydrogen (secondary N) is 2. The first-order chi connectivity index (χ1) is 18.6. The molecule has 4 heterocycles. The van der Waals surface area contributed by atoms with Gasteiger partial charge in [0.2, 0.25) is 0 Å². The molecule has 0 unspecified atom stereocenters. The number of halogens is 2. The van der Waals surface area contributed by atoms with Gasteiger partial charge in [-0.15, -0.1) is 0 Å². The van der Waals surface area contributed by atoms with Gasteiger partial charge in [0.1, 0.15) is 23.7 Å². The number of aryl methyl sites for hydroxylation is 1. The van der Waals surface area contributed by atoms with Crippen molar-refractivity contribution < 1.29 is 9.47 Å². The zero-order valence-corrected chi connectivity index (χ0v) is 23.4. The summed E-state index contributed by atoms with van der Waals surface area (Å²) in [6, 6.07) is 9.40. The van der Waals surface area contributed by atoms with Crippen molar-refractivity contribution in [3.8, 4) is 11.8 Å². The fraction of sp³-hybridized carbons (Fsp3) is 0.357. The van der Waals surface area contributed by atoms with Crippen LogP contribution in [0, 0.1) is 23.7 Å². The van der Waals surface area contributed by atoms with Crippen LogP contribution in [0.2, 0.25) is 10.0 Å². The summed E-state index contributed by atoms with van der Waals surface area (Å²) in [4.78, 5) is 10.8. The Bertz CT molecular complexity index is 1480. The highest BCUT2D eigenvalue weighted by atomic mass is 35.5. The van der Waals surface area contributed by atoms with Gasteiger partial charge in [0.05, 0.1) is 51.8 Å². The Labute approximate surface area is 237 Å². The highest BCUT2D eigenvalue weighted by Crippen LogP contribution is 2.35. The number of hydrogen-bond acceptors (Lipinski definition) is 9. The van der Waals surface area contributed by atoms with Crippen molar-refractivity contribution in [1.82, 2.24) is 15.3 Å². The third-order valence-electron chi connectivity index (χ3n) is 7.04.